The largest absolute Gasteiger partial charge is 0.342 e. The second kappa shape index (κ2) is 8.88. The molecule has 0 saturated carbocycles. The summed E-state index contributed by atoms with van der Waals surface area (Å²) in [5.74, 6) is -0.0991. The summed E-state index contributed by atoms with van der Waals surface area (Å²) in [5.41, 5.74) is 4.78. The number of carbonyl (C=O) groups is 2. The molecular formula is C26H25N3O2. The molecule has 0 aliphatic carbocycles. The van der Waals surface area contributed by atoms with Crippen molar-refractivity contribution in [3.05, 3.63) is 90.5 Å². The normalized spacial score (nSPS) is 10.8. The van der Waals surface area contributed by atoms with Gasteiger partial charge < -0.3 is 14.8 Å². The lowest BCUT2D eigenvalue weighted by molar-refractivity contribution is -0.128. The van der Waals surface area contributed by atoms with Gasteiger partial charge in [0.05, 0.1) is 0 Å². The van der Waals surface area contributed by atoms with Crippen molar-refractivity contribution < 1.29 is 9.59 Å². The smallest absolute Gasteiger partial charge is 0.244 e. The predicted octanol–water partition coefficient (Wildman–Crippen LogP) is 4.93. The van der Waals surface area contributed by atoms with Gasteiger partial charge in [0.25, 0.3) is 0 Å². The Balaban J connectivity index is 1.58. The van der Waals surface area contributed by atoms with E-state index in [-0.39, 0.29) is 18.4 Å². The molecule has 31 heavy (non-hydrogen) atoms. The summed E-state index contributed by atoms with van der Waals surface area (Å²) in [4.78, 5) is 26.1. The first-order chi connectivity index (χ1) is 15.0. The molecule has 5 heteroatoms. The van der Waals surface area contributed by atoms with Gasteiger partial charge in [-0.25, -0.2) is 0 Å². The number of rotatable bonds is 6. The summed E-state index contributed by atoms with van der Waals surface area (Å²) in [6.45, 7) is 2.24. The minimum Gasteiger partial charge on any atom is -0.342 e. The van der Waals surface area contributed by atoms with Gasteiger partial charge in [-0.15, -0.1) is 0 Å². The molecule has 0 aliphatic heterocycles. The maximum atomic E-state index is 13.0. The van der Waals surface area contributed by atoms with Crippen LogP contribution in [0, 0.1) is 0 Å². The number of aromatic nitrogens is 1. The molecule has 3 aromatic carbocycles. The van der Waals surface area contributed by atoms with Crippen LogP contribution in [0.15, 0.2) is 84.9 Å². The van der Waals surface area contributed by atoms with Crippen molar-refractivity contribution in [1.82, 2.24) is 9.47 Å². The van der Waals surface area contributed by atoms with Crippen molar-refractivity contribution >= 4 is 28.4 Å². The van der Waals surface area contributed by atoms with Crippen molar-refractivity contribution in [2.45, 2.75) is 20.0 Å². The zero-order valence-corrected chi connectivity index (χ0v) is 17.7. The summed E-state index contributed by atoms with van der Waals surface area (Å²) in [5, 5.41) is 4.10. The zero-order valence-electron chi connectivity index (χ0n) is 17.7. The molecule has 4 aromatic rings. The molecule has 5 nitrogen and oxygen atoms in total. The van der Waals surface area contributed by atoms with Gasteiger partial charge in [0, 0.05) is 42.8 Å². The molecule has 0 atom stereocenters. The number of para-hydroxylation sites is 1. The van der Waals surface area contributed by atoms with Crippen LogP contribution in [0.4, 0.5) is 5.69 Å². The van der Waals surface area contributed by atoms with Gasteiger partial charge in [-0.3, -0.25) is 9.59 Å². The van der Waals surface area contributed by atoms with Crippen LogP contribution >= 0.6 is 0 Å². The number of anilines is 1. The Kier molecular flexibility index (Phi) is 5.85. The Labute approximate surface area is 181 Å². The zero-order chi connectivity index (χ0) is 21.8. The van der Waals surface area contributed by atoms with Gasteiger partial charge in [-0.1, -0.05) is 60.7 Å². The number of fused-ring (bicyclic) bond motifs is 1. The lowest BCUT2D eigenvalue weighted by atomic mass is 10.1. The fourth-order valence-corrected chi connectivity index (χ4v) is 3.71. The topological polar surface area (TPSA) is 54.3 Å². The van der Waals surface area contributed by atoms with Crippen molar-refractivity contribution in [2.75, 3.05) is 12.4 Å². The predicted molar refractivity (Wildman–Crippen MR) is 125 cm³/mol. The Morgan fingerprint density at radius 3 is 2.42 bits per heavy atom. The SMILES string of the molecule is CC(=O)N(C)Cc1cccc(NC(=O)Cn2c(-c3ccccc3)cc3ccccc32)c1. The molecular weight excluding hydrogens is 386 g/mol. The van der Waals surface area contributed by atoms with Crippen LogP contribution in [-0.4, -0.2) is 28.3 Å². The highest BCUT2D eigenvalue weighted by Crippen LogP contribution is 2.28. The minimum atomic E-state index is -0.101. The average molecular weight is 412 g/mol. The highest BCUT2D eigenvalue weighted by atomic mass is 16.2. The van der Waals surface area contributed by atoms with E-state index < -0.39 is 0 Å². The number of benzene rings is 3. The van der Waals surface area contributed by atoms with Crippen LogP contribution in [0.25, 0.3) is 22.2 Å². The van der Waals surface area contributed by atoms with Crippen LogP contribution in [-0.2, 0) is 22.7 Å². The van der Waals surface area contributed by atoms with E-state index in [0.717, 1.165) is 33.4 Å². The van der Waals surface area contributed by atoms with E-state index in [2.05, 4.69) is 29.6 Å². The highest BCUT2D eigenvalue weighted by Gasteiger charge is 2.14. The van der Waals surface area contributed by atoms with Gasteiger partial charge >= 0.3 is 0 Å². The van der Waals surface area contributed by atoms with Crippen LogP contribution < -0.4 is 5.32 Å². The summed E-state index contributed by atoms with van der Waals surface area (Å²) >= 11 is 0. The first-order valence-corrected chi connectivity index (χ1v) is 10.3. The molecule has 1 aromatic heterocycles. The van der Waals surface area contributed by atoms with Crippen molar-refractivity contribution in [1.29, 1.82) is 0 Å². The van der Waals surface area contributed by atoms with Crippen LogP contribution in [0.2, 0.25) is 0 Å². The summed E-state index contributed by atoms with van der Waals surface area (Å²) in [7, 11) is 1.76. The Morgan fingerprint density at radius 2 is 1.65 bits per heavy atom. The molecule has 4 rings (SSSR count). The second-order valence-electron chi connectivity index (χ2n) is 7.66. The van der Waals surface area contributed by atoms with Gasteiger partial charge in [0.2, 0.25) is 11.8 Å². The monoisotopic (exact) mass is 411 g/mol. The second-order valence-corrected chi connectivity index (χ2v) is 7.66. The first-order valence-electron chi connectivity index (χ1n) is 10.3. The van der Waals surface area contributed by atoms with Crippen molar-refractivity contribution in [2.24, 2.45) is 0 Å². The number of amides is 2. The minimum absolute atomic E-state index is 0.00219. The summed E-state index contributed by atoms with van der Waals surface area (Å²) in [6.07, 6.45) is 0. The summed E-state index contributed by atoms with van der Waals surface area (Å²) < 4.78 is 2.05. The van der Waals surface area contributed by atoms with E-state index in [1.54, 1.807) is 11.9 Å². The van der Waals surface area contributed by atoms with Crippen molar-refractivity contribution in [3.63, 3.8) is 0 Å². The van der Waals surface area contributed by atoms with Crippen molar-refractivity contribution in [3.8, 4) is 11.3 Å². The Bertz CT molecular complexity index is 1230. The standard InChI is InChI=1S/C26H25N3O2/c1-19(30)28(2)17-20-9-8-13-23(15-20)27-26(31)18-29-24-14-7-6-12-22(24)16-25(29)21-10-4-3-5-11-21/h3-16H,17-18H2,1-2H3,(H,27,31). The van der Waals surface area contributed by atoms with Crippen LogP contribution in [0.5, 0.6) is 0 Å². The number of carbonyl (C=O) groups excluding carboxylic acids is 2. The van der Waals surface area contributed by atoms with E-state index in [1.807, 2.05) is 65.2 Å². The third-order valence-electron chi connectivity index (χ3n) is 5.35. The molecule has 2 amide bonds. The van der Waals surface area contributed by atoms with Gasteiger partial charge in [0.15, 0.2) is 0 Å². The maximum Gasteiger partial charge on any atom is 0.244 e. The number of hydrogen-bond acceptors (Lipinski definition) is 2. The Hall–Kier alpha value is -3.86. The van der Waals surface area contributed by atoms with Gasteiger partial charge in [-0.2, -0.15) is 0 Å². The van der Waals surface area contributed by atoms with E-state index >= 15 is 0 Å². The van der Waals surface area contributed by atoms with E-state index in [4.69, 9.17) is 0 Å². The Morgan fingerprint density at radius 1 is 0.903 bits per heavy atom. The molecule has 1 heterocycles. The average Bonchev–Trinajstić information content (AvgIpc) is 3.13. The molecule has 156 valence electrons. The van der Waals surface area contributed by atoms with E-state index in [9.17, 15) is 9.59 Å². The first kappa shape index (κ1) is 20.4. The number of hydrogen-bond donors (Lipinski definition) is 1. The molecule has 0 bridgehead atoms. The molecule has 0 aliphatic rings. The fraction of sp³-hybridized carbons (Fsp3) is 0.154. The number of nitrogens with one attached hydrogen (secondary N) is 1. The van der Waals surface area contributed by atoms with E-state index in [1.165, 1.54) is 6.92 Å². The lowest BCUT2D eigenvalue weighted by Gasteiger charge is -2.16. The quantitative estimate of drug-likeness (QED) is 0.489. The van der Waals surface area contributed by atoms with Crippen LogP contribution in [0.1, 0.15) is 12.5 Å². The molecule has 0 radical (unpaired) electrons. The highest BCUT2D eigenvalue weighted by molar-refractivity contribution is 5.94. The van der Waals surface area contributed by atoms with Gasteiger partial charge in [-0.05, 0) is 35.4 Å². The third kappa shape index (κ3) is 4.67. The molecule has 0 fully saturated rings. The molecule has 0 saturated heterocycles. The summed E-state index contributed by atoms with van der Waals surface area (Å²) in [6, 6.07) is 27.9. The van der Waals surface area contributed by atoms with E-state index in [0.29, 0.717) is 6.54 Å². The van der Waals surface area contributed by atoms with Crippen LogP contribution in [0.3, 0.4) is 0 Å². The lowest BCUT2D eigenvalue weighted by Crippen LogP contribution is -2.23. The third-order valence-corrected chi connectivity index (χ3v) is 5.35. The molecule has 1 N–H and O–H groups in total. The molecule has 0 spiro atoms. The fourth-order valence-electron chi connectivity index (χ4n) is 3.71. The maximum absolute atomic E-state index is 13.0. The van der Waals surface area contributed by atoms with Gasteiger partial charge in [0.1, 0.15) is 6.54 Å². The molecule has 0 unspecified atom stereocenters. The number of nitrogens with zero attached hydrogens (tertiary/aromatic N) is 2.